The van der Waals surface area contributed by atoms with Crippen LogP contribution in [0.5, 0.6) is 5.75 Å². The molecule has 25 heavy (non-hydrogen) atoms. The molecule has 2 aromatic heterocycles. The van der Waals surface area contributed by atoms with Crippen LogP contribution in [0.2, 0.25) is 0 Å². The first-order chi connectivity index (χ1) is 12.2. The Bertz CT molecular complexity index is 891. The van der Waals surface area contributed by atoms with Crippen LogP contribution in [0.25, 0.3) is 21.9 Å². The third-order valence-electron chi connectivity index (χ3n) is 3.74. The maximum Gasteiger partial charge on any atom is 0.212 e. The molecule has 1 aliphatic carbocycles. The summed E-state index contributed by atoms with van der Waals surface area (Å²) >= 11 is 0. The number of hydrogen-bond acceptors (Lipinski definition) is 5. The van der Waals surface area contributed by atoms with E-state index in [2.05, 4.69) is 15.3 Å². The monoisotopic (exact) mass is 336 g/mol. The van der Waals surface area contributed by atoms with Gasteiger partial charge in [0.15, 0.2) is 0 Å². The Kier molecular flexibility index (Phi) is 5.09. The average Bonchev–Trinajstić information content (AvgIpc) is 3.51. The molecule has 0 aliphatic heterocycles. The van der Waals surface area contributed by atoms with E-state index in [1.807, 2.05) is 12.1 Å². The number of anilines is 2. The highest BCUT2D eigenvalue weighted by Gasteiger charge is 2.09. The van der Waals surface area contributed by atoms with Gasteiger partial charge in [-0.2, -0.15) is 0 Å². The van der Waals surface area contributed by atoms with Crippen LogP contribution in [0.1, 0.15) is 19.3 Å². The van der Waals surface area contributed by atoms with Crippen molar-refractivity contribution in [3.63, 3.8) is 0 Å². The van der Waals surface area contributed by atoms with Crippen molar-refractivity contribution in [3.8, 4) is 16.9 Å². The van der Waals surface area contributed by atoms with Crippen molar-refractivity contribution >= 4 is 28.7 Å². The van der Waals surface area contributed by atoms with Crippen molar-refractivity contribution in [1.29, 1.82) is 0 Å². The van der Waals surface area contributed by atoms with Crippen molar-refractivity contribution in [2.75, 3.05) is 18.2 Å². The molecule has 3 aromatic rings. The number of methoxy groups -OCH3 is 1. The van der Waals surface area contributed by atoms with E-state index in [9.17, 15) is 4.79 Å². The summed E-state index contributed by atoms with van der Waals surface area (Å²) in [6.45, 7) is 0. The highest BCUT2D eigenvalue weighted by molar-refractivity contribution is 5.98. The predicted molar refractivity (Wildman–Crippen MR) is 99.5 cm³/mol. The average molecular weight is 336 g/mol. The first-order valence-corrected chi connectivity index (χ1v) is 8.11. The van der Waals surface area contributed by atoms with Crippen LogP contribution >= 0.6 is 0 Å². The lowest BCUT2D eigenvalue weighted by Gasteiger charge is -2.11. The second-order valence-electron chi connectivity index (χ2n) is 5.75. The third-order valence-corrected chi connectivity index (χ3v) is 3.74. The summed E-state index contributed by atoms with van der Waals surface area (Å²) in [5, 5.41) is 4.23. The van der Waals surface area contributed by atoms with Crippen molar-refractivity contribution in [2.24, 2.45) is 0 Å². The van der Waals surface area contributed by atoms with Gasteiger partial charge in [0.05, 0.1) is 7.11 Å². The van der Waals surface area contributed by atoms with Crippen LogP contribution < -0.4 is 15.8 Å². The number of carbonyl (C=O) groups is 1. The van der Waals surface area contributed by atoms with Crippen LogP contribution in [-0.4, -0.2) is 23.5 Å². The lowest BCUT2D eigenvalue weighted by Crippen LogP contribution is -1.97. The molecule has 6 heteroatoms. The van der Waals surface area contributed by atoms with E-state index < -0.39 is 0 Å². The molecule has 0 bridgehead atoms. The van der Waals surface area contributed by atoms with Gasteiger partial charge in [0.2, 0.25) is 6.41 Å². The highest BCUT2D eigenvalue weighted by atomic mass is 16.5. The number of carbonyl (C=O) groups excluding carboxylic acids is 1. The number of rotatable bonds is 4. The number of nitrogens with zero attached hydrogens (tertiary/aromatic N) is 2. The summed E-state index contributed by atoms with van der Waals surface area (Å²) in [4.78, 5) is 18.8. The summed E-state index contributed by atoms with van der Waals surface area (Å²) in [5.74, 6) is 1.19. The predicted octanol–water partition coefficient (Wildman–Crippen LogP) is 3.63. The fourth-order valence-electron chi connectivity index (χ4n) is 2.36. The number of aromatic nitrogens is 2. The molecule has 0 unspecified atom stereocenters. The van der Waals surface area contributed by atoms with Crippen molar-refractivity contribution in [3.05, 3.63) is 42.9 Å². The summed E-state index contributed by atoms with van der Waals surface area (Å²) in [7, 11) is 1.61. The smallest absolute Gasteiger partial charge is 0.212 e. The Balaban J connectivity index is 0.000000549. The van der Waals surface area contributed by atoms with E-state index in [0.29, 0.717) is 23.7 Å². The molecule has 1 amide bonds. The summed E-state index contributed by atoms with van der Waals surface area (Å²) in [5.41, 5.74) is 8.45. The van der Waals surface area contributed by atoms with E-state index in [1.54, 1.807) is 37.8 Å². The van der Waals surface area contributed by atoms with Gasteiger partial charge in [-0.3, -0.25) is 9.78 Å². The lowest BCUT2D eigenvalue weighted by atomic mass is 10.0. The molecular weight excluding hydrogens is 316 g/mol. The van der Waals surface area contributed by atoms with Crippen molar-refractivity contribution in [2.45, 2.75) is 19.3 Å². The Hall–Kier alpha value is -3.15. The van der Waals surface area contributed by atoms with Crippen molar-refractivity contribution < 1.29 is 9.53 Å². The molecule has 1 aliphatic rings. The fraction of sp³-hybridized carbons (Fsp3) is 0.211. The Morgan fingerprint density at radius 2 is 2.00 bits per heavy atom. The standard InChI is InChI=1S/C16H14N4O2.C3H6/c1-22-15-2-3-18-7-13(15)10-4-11-6-16(20-9-21)19-8-12(11)14(17)5-10;1-2-3-1/h2-9H,17H2,1H3,(H,19,20,21);1-3H2. The van der Waals surface area contributed by atoms with Gasteiger partial charge in [0.1, 0.15) is 11.6 Å². The molecule has 0 atom stereocenters. The van der Waals surface area contributed by atoms with E-state index in [4.69, 9.17) is 10.5 Å². The number of nitrogens with two attached hydrogens (primary N) is 1. The van der Waals surface area contributed by atoms with Gasteiger partial charge in [0.25, 0.3) is 0 Å². The van der Waals surface area contributed by atoms with Crippen molar-refractivity contribution in [1.82, 2.24) is 9.97 Å². The molecule has 6 nitrogen and oxygen atoms in total. The number of hydrogen-bond donors (Lipinski definition) is 2. The van der Waals surface area contributed by atoms with Crippen LogP contribution in [0, 0.1) is 0 Å². The van der Waals surface area contributed by atoms with Gasteiger partial charge < -0.3 is 15.8 Å². The normalized spacial score (nSPS) is 12.0. The van der Waals surface area contributed by atoms with Gasteiger partial charge in [-0.15, -0.1) is 0 Å². The van der Waals surface area contributed by atoms with Crippen LogP contribution in [0.3, 0.4) is 0 Å². The van der Waals surface area contributed by atoms with Gasteiger partial charge >= 0.3 is 0 Å². The first-order valence-electron chi connectivity index (χ1n) is 8.11. The number of nitrogen functional groups attached to an aromatic ring is 1. The fourth-order valence-corrected chi connectivity index (χ4v) is 2.36. The lowest BCUT2D eigenvalue weighted by molar-refractivity contribution is -0.105. The SMILES string of the molecule is C1CC1.COc1ccncc1-c1cc(N)c2cnc(NC=O)cc2c1. The van der Waals surface area contributed by atoms with Crippen LogP contribution in [0.15, 0.2) is 42.9 Å². The topological polar surface area (TPSA) is 90.1 Å². The molecule has 128 valence electrons. The quantitative estimate of drug-likeness (QED) is 0.561. The highest BCUT2D eigenvalue weighted by Crippen LogP contribution is 2.34. The molecule has 2 heterocycles. The number of benzene rings is 1. The number of fused-ring (bicyclic) bond motifs is 1. The zero-order chi connectivity index (χ0) is 17.6. The number of ether oxygens (including phenoxy) is 1. The Morgan fingerprint density at radius 3 is 2.68 bits per heavy atom. The molecule has 0 radical (unpaired) electrons. The second-order valence-corrected chi connectivity index (χ2v) is 5.75. The molecular formula is C19H20N4O2. The van der Waals surface area contributed by atoms with Crippen LogP contribution in [0.4, 0.5) is 11.5 Å². The molecule has 1 saturated carbocycles. The van der Waals surface area contributed by atoms with E-state index in [0.717, 1.165) is 21.9 Å². The summed E-state index contributed by atoms with van der Waals surface area (Å²) < 4.78 is 5.36. The minimum absolute atomic E-state index is 0.470. The zero-order valence-corrected chi connectivity index (χ0v) is 14.0. The molecule has 1 aromatic carbocycles. The second kappa shape index (κ2) is 7.61. The minimum Gasteiger partial charge on any atom is -0.496 e. The molecule has 0 spiro atoms. The maximum atomic E-state index is 10.5. The minimum atomic E-state index is 0.470. The molecule has 4 rings (SSSR count). The largest absolute Gasteiger partial charge is 0.496 e. The van der Waals surface area contributed by atoms with E-state index >= 15 is 0 Å². The van der Waals surface area contributed by atoms with E-state index in [-0.39, 0.29) is 0 Å². The Labute approximate surface area is 146 Å². The zero-order valence-electron chi connectivity index (χ0n) is 14.0. The van der Waals surface area contributed by atoms with Crippen LogP contribution in [-0.2, 0) is 4.79 Å². The van der Waals surface area contributed by atoms with Gasteiger partial charge in [-0.05, 0) is 35.2 Å². The van der Waals surface area contributed by atoms with Gasteiger partial charge in [-0.25, -0.2) is 4.98 Å². The number of nitrogens with one attached hydrogen (secondary N) is 1. The molecule has 3 N–H and O–H groups in total. The first kappa shape index (κ1) is 16.7. The maximum absolute atomic E-state index is 10.5. The Morgan fingerprint density at radius 1 is 1.20 bits per heavy atom. The summed E-state index contributed by atoms with van der Waals surface area (Å²) in [6.07, 6.45) is 10.1. The molecule has 1 fully saturated rings. The summed E-state index contributed by atoms with van der Waals surface area (Å²) in [6, 6.07) is 7.38. The van der Waals surface area contributed by atoms with E-state index in [1.165, 1.54) is 19.3 Å². The van der Waals surface area contributed by atoms with Gasteiger partial charge in [0, 0.05) is 35.2 Å². The number of amides is 1. The number of pyridine rings is 2. The molecule has 0 saturated heterocycles. The van der Waals surface area contributed by atoms with Gasteiger partial charge in [-0.1, -0.05) is 19.3 Å². The third kappa shape index (κ3) is 4.03.